The number of hydrogen-bond donors (Lipinski definition) is 4. The van der Waals surface area contributed by atoms with Crippen molar-refractivity contribution in [3.8, 4) is 0 Å². The first-order valence-electron chi connectivity index (χ1n) is 10.4. The molecule has 0 heterocycles. The number of hydroxylamine groups is 1. The van der Waals surface area contributed by atoms with Gasteiger partial charge in [0.2, 0.25) is 5.91 Å². The molecule has 8 heteroatoms. The Morgan fingerprint density at radius 3 is 2.33 bits per heavy atom. The third kappa shape index (κ3) is 6.27. The fourth-order valence-electron chi connectivity index (χ4n) is 3.81. The van der Waals surface area contributed by atoms with Crippen molar-refractivity contribution in [3.05, 3.63) is 35.9 Å². The van der Waals surface area contributed by atoms with Crippen molar-refractivity contribution in [2.24, 2.45) is 17.8 Å². The summed E-state index contributed by atoms with van der Waals surface area (Å²) in [5.74, 6) is -3.20. The van der Waals surface area contributed by atoms with E-state index < -0.39 is 35.8 Å². The largest absolute Gasteiger partial charge is 0.460 e. The third-order valence-corrected chi connectivity index (χ3v) is 5.53. The third-order valence-electron chi connectivity index (χ3n) is 5.53. The van der Waals surface area contributed by atoms with Crippen molar-refractivity contribution < 1.29 is 29.4 Å². The molecule has 2 amide bonds. The average molecular weight is 421 g/mol. The molecule has 8 nitrogen and oxygen atoms in total. The van der Waals surface area contributed by atoms with Gasteiger partial charge in [0.05, 0.1) is 5.92 Å². The number of benzene rings is 1. The summed E-state index contributed by atoms with van der Waals surface area (Å²) in [6, 6.07) is 7.64. The molecule has 2 rings (SSSR count). The number of carbonyl (C=O) groups excluding carboxylic acids is 3. The Bertz CT molecular complexity index is 724. The number of ether oxygens (including phenoxy) is 1. The van der Waals surface area contributed by atoms with Crippen LogP contribution in [0.15, 0.2) is 30.3 Å². The highest BCUT2D eigenvalue weighted by Gasteiger charge is 2.37. The van der Waals surface area contributed by atoms with Crippen molar-refractivity contribution >= 4 is 17.8 Å². The Hall–Kier alpha value is -2.45. The summed E-state index contributed by atoms with van der Waals surface area (Å²) < 4.78 is 5.70. The smallest absolute Gasteiger partial charge is 0.333 e. The zero-order chi connectivity index (χ0) is 22.3. The van der Waals surface area contributed by atoms with Crippen LogP contribution in [0.4, 0.5) is 0 Å². The lowest BCUT2D eigenvalue weighted by atomic mass is 9.90. The van der Waals surface area contributed by atoms with Crippen LogP contribution in [0.5, 0.6) is 0 Å². The van der Waals surface area contributed by atoms with E-state index in [1.807, 2.05) is 20.8 Å². The van der Waals surface area contributed by atoms with E-state index in [1.165, 1.54) is 5.48 Å². The van der Waals surface area contributed by atoms with E-state index in [9.17, 15) is 19.5 Å². The quantitative estimate of drug-likeness (QED) is 0.275. The maximum Gasteiger partial charge on any atom is 0.333 e. The Morgan fingerprint density at radius 1 is 1.13 bits per heavy atom. The van der Waals surface area contributed by atoms with Crippen molar-refractivity contribution in [1.29, 1.82) is 0 Å². The summed E-state index contributed by atoms with van der Waals surface area (Å²) in [5.41, 5.74) is 1.92. The molecule has 0 spiro atoms. The number of amides is 2. The lowest BCUT2D eigenvalue weighted by Crippen LogP contribution is -2.48. The fourth-order valence-corrected chi connectivity index (χ4v) is 3.81. The summed E-state index contributed by atoms with van der Waals surface area (Å²) in [6.07, 6.45) is 1.00. The molecule has 0 saturated heterocycles. The topological polar surface area (TPSA) is 125 Å². The van der Waals surface area contributed by atoms with Gasteiger partial charge in [-0.3, -0.25) is 14.8 Å². The normalized spacial score (nSPS) is 21.5. The lowest BCUT2D eigenvalue weighted by Gasteiger charge is -2.26. The van der Waals surface area contributed by atoms with Crippen LogP contribution in [0.1, 0.15) is 58.1 Å². The second-order valence-electron chi connectivity index (χ2n) is 8.39. The van der Waals surface area contributed by atoms with Crippen molar-refractivity contribution in [2.45, 2.75) is 64.7 Å². The molecule has 0 aliphatic heterocycles. The number of aliphatic hydroxyl groups excluding tert-OH is 1. The first-order valence-corrected chi connectivity index (χ1v) is 10.4. The molecule has 1 aliphatic carbocycles. The minimum atomic E-state index is -1.75. The van der Waals surface area contributed by atoms with Gasteiger partial charge in [0.15, 0.2) is 6.04 Å². The van der Waals surface area contributed by atoms with Crippen LogP contribution in [0.2, 0.25) is 0 Å². The van der Waals surface area contributed by atoms with Gasteiger partial charge >= 0.3 is 5.97 Å². The molecule has 4 N–H and O–H groups in total. The highest BCUT2D eigenvalue weighted by molar-refractivity contribution is 5.91. The van der Waals surface area contributed by atoms with Gasteiger partial charge in [0.1, 0.15) is 12.2 Å². The molecule has 5 atom stereocenters. The summed E-state index contributed by atoms with van der Waals surface area (Å²) in [6.45, 7) is 5.71. The van der Waals surface area contributed by atoms with Gasteiger partial charge in [0, 0.05) is 0 Å². The minimum Gasteiger partial charge on any atom is -0.460 e. The number of aliphatic hydroxyl groups is 1. The molecular formula is C22H32N2O6. The molecule has 1 aliphatic rings. The Kier molecular flexibility index (Phi) is 8.80. The highest BCUT2D eigenvalue weighted by Crippen LogP contribution is 2.29. The molecule has 1 fully saturated rings. The van der Waals surface area contributed by atoms with Crippen molar-refractivity contribution in [2.75, 3.05) is 0 Å². The van der Waals surface area contributed by atoms with Crippen LogP contribution < -0.4 is 10.8 Å². The molecule has 0 aromatic heterocycles. The number of carbonyl (C=O) groups is 3. The molecular weight excluding hydrogens is 388 g/mol. The summed E-state index contributed by atoms with van der Waals surface area (Å²) >= 11 is 0. The predicted octanol–water partition coefficient (Wildman–Crippen LogP) is 2.10. The second-order valence-corrected chi connectivity index (χ2v) is 8.39. The van der Waals surface area contributed by atoms with Crippen LogP contribution >= 0.6 is 0 Å². The van der Waals surface area contributed by atoms with E-state index in [4.69, 9.17) is 9.94 Å². The SMILES string of the molecule is CC(C)C[C@@H](C(=O)N[C@H](C(=O)OC1CCCC1C)c1ccccc1)[C@H](O)C(=O)NO. The van der Waals surface area contributed by atoms with E-state index in [2.05, 4.69) is 5.32 Å². The van der Waals surface area contributed by atoms with E-state index >= 15 is 0 Å². The molecule has 0 bridgehead atoms. The van der Waals surface area contributed by atoms with Crippen LogP contribution in [0, 0.1) is 17.8 Å². The van der Waals surface area contributed by atoms with E-state index in [0.29, 0.717) is 5.56 Å². The molecule has 0 radical (unpaired) electrons. The van der Waals surface area contributed by atoms with E-state index in [0.717, 1.165) is 19.3 Å². The molecule has 1 aromatic rings. The molecule has 166 valence electrons. The minimum absolute atomic E-state index is 0.0108. The number of esters is 1. The first-order chi connectivity index (χ1) is 14.2. The molecule has 1 aromatic carbocycles. The first kappa shape index (κ1) is 23.8. The van der Waals surface area contributed by atoms with Crippen LogP contribution in [-0.2, 0) is 19.1 Å². The second kappa shape index (κ2) is 11.1. The lowest BCUT2D eigenvalue weighted by molar-refractivity contribution is -0.156. The number of hydrogen-bond acceptors (Lipinski definition) is 6. The Balaban J connectivity index is 2.23. The number of rotatable bonds is 9. The maximum atomic E-state index is 13.0. The zero-order valence-electron chi connectivity index (χ0n) is 17.7. The summed E-state index contributed by atoms with van der Waals surface area (Å²) in [4.78, 5) is 37.7. The average Bonchev–Trinajstić information content (AvgIpc) is 3.13. The van der Waals surface area contributed by atoms with Crippen LogP contribution in [0.25, 0.3) is 0 Å². The Morgan fingerprint density at radius 2 is 1.80 bits per heavy atom. The van der Waals surface area contributed by atoms with Gasteiger partial charge in [-0.05, 0) is 43.1 Å². The van der Waals surface area contributed by atoms with Crippen molar-refractivity contribution in [3.63, 3.8) is 0 Å². The Labute approximate surface area is 177 Å². The molecule has 30 heavy (non-hydrogen) atoms. The standard InChI is InChI=1S/C22H32N2O6/c1-13(2)12-16(19(25)21(27)24-29)20(26)23-18(15-9-5-4-6-10-15)22(28)30-17-11-7-8-14(17)3/h4-6,9-10,13-14,16-19,25,29H,7-8,11-12H2,1-3H3,(H,23,26)(H,24,27)/t14?,16-,17?,18+,19+/m1/s1. The van der Waals surface area contributed by atoms with Gasteiger partial charge in [-0.2, -0.15) is 0 Å². The van der Waals surface area contributed by atoms with E-state index in [-0.39, 0.29) is 24.4 Å². The zero-order valence-corrected chi connectivity index (χ0v) is 17.7. The number of nitrogens with one attached hydrogen (secondary N) is 2. The van der Waals surface area contributed by atoms with Crippen molar-refractivity contribution in [1.82, 2.24) is 10.8 Å². The van der Waals surface area contributed by atoms with Gasteiger partial charge < -0.3 is 15.2 Å². The van der Waals surface area contributed by atoms with Crippen LogP contribution in [0.3, 0.4) is 0 Å². The maximum absolute atomic E-state index is 13.0. The van der Waals surface area contributed by atoms with Crippen LogP contribution in [-0.4, -0.2) is 40.3 Å². The van der Waals surface area contributed by atoms with E-state index in [1.54, 1.807) is 30.3 Å². The fraction of sp³-hybridized carbons (Fsp3) is 0.591. The van der Waals surface area contributed by atoms with Gasteiger partial charge in [0.25, 0.3) is 5.91 Å². The predicted molar refractivity (Wildman–Crippen MR) is 109 cm³/mol. The summed E-state index contributed by atoms with van der Waals surface area (Å²) in [5, 5.41) is 21.7. The summed E-state index contributed by atoms with van der Waals surface area (Å²) in [7, 11) is 0. The highest BCUT2D eigenvalue weighted by atomic mass is 16.5. The van der Waals surface area contributed by atoms with Gasteiger partial charge in [-0.15, -0.1) is 0 Å². The van der Waals surface area contributed by atoms with Gasteiger partial charge in [-0.25, -0.2) is 10.3 Å². The molecule has 1 saturated carbocycles. The van der Waals surface area contributed by atoms with Gasteiger partial charge in [-0.1, -0.05) is 51.1 Å². The monoisotopic (exact) mass is 420 g/mol. The molecule has 2 unspecified atom stereocenters.